The van der Waals surface area contributed by atoms with E-state index in [2.05, 4.69) is 18.2 Å². The molecule has 0 saturated carbocycles. The number of piperidine rings is 2. The van der Waals surface area contributed by atoms with E-state index in [1.807, 2.05) is 11.0 Å². The highest BCUT2D eigenvalue weighted by molar-refractivity contribution is 7.18. The number of carbonyl (C=O) groups is 2. The third kappa shape index (κ3) is 4.14. The minimum absolute atomic E-state index is 0.00611. The summed E-state index contributed by atoms with van der Waals surface area (Å²) in [5, 5.41) is 1.21. The van der Waals surface area contributed by atoms with Crippen LogP contribution in [0.3, 0.4) is 0 Å². The topological polar surface area (TPSA) is 80.7 Å². The van der Waals surface area contributed by atoms with Crippen LogP contribution in [0.1, 0.15) is 36.6 Å². The summed E-state index contributed by atoms with van der Waals surface area (Å²) in [5.41, 5.74) is 6.47. The average molecular weight is 388 g/mol. The predicted molar refractivity (Wildman–Crippen MR) is 106 cm³/mol. The zero-order valence-corrected chi connectivity index (χ0v) is 16.3. The van der Waals surface area contributed by atoms with Gasteiger partial charge < -0.3 is 15.5 Å². The zero-order valence-electron chi connectivity index (χ0n) is 15.5. The molecular weight excluding hydrogens is 360 g/mol. The van der Waals surface area contributed by atoms with Crippen molar-refractivity contribution < 1.29 is 14.5 Å². The Kier molecular flexibility index (Phi) is 5.41. The van der Waals surface area contributed by atoms with Crippen molar-refractivity contribution in [3.63, 3.8) is 0 Å². The van der Waals surface area contributed by atoms with Gasteiger partial charge in [0.05, 0.1) is 28.3 Å². The van der Waals surface area contributed by atoms with Crippen molar-refractivity contribution >= 4 is 33.4 Å². The molecule has 0 atom stereocenters. The summed E-state index contributed by atoms with van der Waals surface area (Å²) in [6.45, 7) is 3.90. The van der Waals surface area contributed by atoms with Crippen LogP contribution in [-0.4, -0.2) is 54.4 Å². The Bertz CT molecular complexity index is 787. The van der Waals surface area contributed by atoms with Crippen LogP contribution in [0.2, 0.25) is 0 Å². The maximum Gasteiger partial charge on any atom is 0.277 e. The van der Waals surface area contributed by atoms with Gasteiger partial charge >= 0.3 is 0 Å². The lowest BCUT2D eigenvalue weighted by atomic mass is 9.96. The Balaban J connectivity index is 1.27. The highest BCUT2D eigenvalue weighted by atomic mass is 32.1. The lowest BCUT2D eigenvalue weighted by molar-refractivity contribution is -0.898. The predicted octanol–water partition coefficient (Wildman–Crippen LogP) is 0.783. The van der Waals surface area contributed by atoms with E-state index in [9.17, 15) is 9.59 Å². The third-order valence-electron chi connectivity index (χ3n) is 6.00. The molecule has 0 unspecified atom stereocenters. The number of amides is 2. The van der Waals surface area contributed by atoms with E-state index in [1.165, 1.54) is 14.6 Å². The number of quaternary nitrogens is 1. The number of primary amides is 1. The molecule has 0 aliphatic carbocycles. The van der Waals surface area contributed by atoms with Crippen LogP contribution >= 0.6 is 11.3 Å². The van der Waals surface area contributed by atoms with Gasteiger partial charge in [0.2, 0.25) is 5.91 Å². The second-order valence-electron chi connectivity index (χ2n) is 7.78. The van der Waals surface area contributed by atoms with Gasteiger partial charge in [0, 0.05) is 37.8 Å². The van der Waals surface area contributed by atoms with Gasteiger partial charge in [-0.3, -0.25) is 9.59 Å². The van der Waals surface area contributed by atoms with Crippen molar-refractivity contribution in [2.45, 2.75) is 31.6 Å². The van der Waals surface area contributed by atoms with E-state index in [-0.39, 0.29) is 17.7 Å². The molecule has 3 N–H and O–H groups in total. The molecule has 3 heterocycles. The first-order valence-electron chi connectivity index (χ1n) is 9.86. The monoisotopic (exact) mass is 387 g/mol. The Hall–Kier alpha value is -1.99. The van der Waals surface area contributed by atoms with Crippen molar-refractivity contribution in [1.29, 1.82) is 0 Å². The lowest BCUT2D eigenvalue weighted by Gasteiger charge is -2.33. The molecule has 4 rings (SSSR count). The van der Waals surface area contributed by atoms with E-state index >= 15 is 0 Å². The summed E-state index contributed by atoms with van der Waals surface area (Å²) < 4.78 is 1.24. The lowest BCUT2D eigenvalue weighted by Crippen LogP contribution is -3.14. The number of aromatic nitrogens is 1. The van der Waals surface area contributed by atoms with Crippen molar-refractivity contribution in [2.24, 2.45) is 11.7 Å². The van der Waals surface area contributed by atoms with Gasteiger partial charge in [-0.1, -0.05) is 12.1 Å². The summed E-state index contributed by atoms with van der Waals surface area (Å²) in [7, 11) is 0. The van der Waals surface area contributed by atoms with Gasteiger partial charge in [-0.2, -0.15) is 0 Å². The minimum atomic E-state index is -0.197. The number of hydrogen-bond acceptors (Lipinski definition) is 4. The maximum absolute atomic E-state index is 12.7. The Morgan fingerprint density at radius 2 is 1.85 bits per heavy atom. The molecule has 1 aromatic carbocycles. The molecule has 0 bridgehead atoms. The molecule has 2 aliphatic heterocycles. The Morgan fingerprint density at radius 1 is 1.15 bits per heavy atom. The number of likely N-dealkylation sites (tertiary alicyclic amines) is 2. The summed E-state index contributed by atoms with van der Waals surface area (Å²) in [6, 6.07) is 8.28. The third-order valence-corrected chi connectivity index (χ3v) is 7.20. The average Bonchev–Trinajstić information content (AvgIpc) is 3.13. The van der Waals surface area contributed by atoms with Crippen LogP contribution in [0, 0.1) is 5.92 Å². The fourth-order valence-corrected chi connectivity index (χ4v) is 5.39. The number of nitrogens with zero attached hydrogens (tertiary/aromatic N) is 2. The maximum atomic E-state index is 12.7. The standard InChI is InChI=1S/C20H26N4O2S/c21-19(26)14-5-9-23(10-6-14)13-18(25)24-11-7-15(8-12-24)20-22-16-3-1-2-4-17(16)27-20/h1-4,14-15H,5-13H2,(H2,21,26)/p+1. The van der Waals surface area contributed by atoms with Crippen LogP contribution in [0.15, 0.2) is 24.3 Å². The van der Waals surface area contributed by atoms with E-state index < -0.39 is 0 Å². The molecule has 27 heavy (non-hydrogen) atoms. The zero-order chi connectivity index (χ0) is 18.8. The quantitative estimate of drug-likeness (QED) is 0.814. The van der Waals surface area contributed by atoms with Gasteiger partial charge in [0.1, 0.15) is 0 Å². The van der Waals surface area contributed by atoms with Crippen molar-refractivity contribution in [3.05, 3.63) is 29.3 Å². The molecule has 2 fully saturated rings. The second kappa shape index (κ2) is 7.94. The largest absolute Gasteiger partial charge is 0.369 e. The molecular formula is C20H27N4O2S+. The van der Waals surface area contributed by atoms with Gasteiger partial charge in [-0.25, -0.2) is 4.98 Å². The molecule has 2 amide bonds. The van der Waals surface area contributed by atoms with E-state index in [0.717, 1.165) is 57.4 Å². The highest BCUT2D eigenvalue weighted by Crippen LogP contribution is 2.33. The molecule has 6 nitrogen and oxygen atoms in total. The van der Waals surface area contributed by atoms with Gasteiger partial charge in [0.15, 0.2) is 6.54 Å². The molecule has 0 spiro atoms. The van der Waals surface area contributed by atoms with Crippen LogP contribution in [0.4, 0.5) is 0 Å². The summed E-state index contributed by atoms with van der Waals surface area (Å²) in [5.74, 6) is 0.501. The smallest absolute Gasteiger partial charge is 0.277 e. The number of nitrogens with two attached hydrogens (primary N) is 1. The molecule has 1 aromatic heterocycles. The summed E-state index contributed by atoms with van der Waals surface area (Å²) in [6.07, 6.45) is 3.59. The molecule has 7 heteroatoms. The number of thiazole rings is 1. The van der Waals surface area contributed by atoms with Crippen LogP contribution in [0.25, 0.3) is 10.2 Å². The number of carbonyl (C=O) groups excluding carboxylic acids is 2. The first kappa shape index (κ1) is 18.4. The minimum Gasteiger partial charge on any atom is -0.369 e. The van der Waals surface area contributed by atoms with E-state index in [1.54, 1.807) is 11.3 Å². The normalized spacial score (nSPS) is 24.2. The number of para-hydroxylation sites is 1. The number of rotatable bonds is 4. The molecule has 2 aliphatic rings. The van der Waals surface area contributed by atoms with Gasteiger partial charge in [0.25, 0.3) is 5.91 Å². The van der Waals surface area contributed by atoms with E-state index in [0.29, 0.717) is 12.5 Å². The molecule has 144 valence electrons. The molecule has 0 radical (unpaired) electrons. The summed E-state index contributed by atoms with van der Waals surface area (Å²) in [4.78, 5) is 32.0. The Morgan fingerprint density at radius 3 is 2.52 bits per heavy atom. The van der Waals surface area contributed by atoms with E-state index in [4.69, 9.17) is 10.7 Å². The summed E-state index contributed by atoms with van der Waals surface area (Å²) >= 11 is 1.79. The molecule has 2 aromatic rings. The number of nitrogens with one attached hydrogen (secondary N) is 1. The fraction of sp³-hybridized carbons (Fsp3) is 0.550. The van der Waals surface area contributed by atoms with Crippen LogP contribution in [-0.2, 0) is 9.59 Å². The number of fused-ring (bicyclic) bond motifs is 1. The highest BCUT2D eigenvalue weighted by Gasteiger charge is 2.30. The van der Waals surface area contributed by atoms with Crippen molar-refractivity contribution in [1.82, 2.24) is 9.88 Å². The van der Waals surface area contributed by atoms with Crippen molar-refractivity contribution in [2.75, 3.05) is 32.7 Å². The first-order chi connectivity index (χ1) is 13.1. The van der Waals surface area contributed by atoms with Gasteiger partial charge in [-0.05, 0) is 25.0 Å². The molecule has 2 saturated heterocycles. The van der Waals surface area contributed by atoms with Crippen LogP contribution in [0.5, 0.6) is 0 Å². The number of hydrogen-bond donors (Lipinski definition) is 2. The van der Waals surface area contributed by atoms with Gasteiger partial charge in [-0.15, -0.1) is 11.3 Å². The Labute approximate surface area is 163 Å². The second-order valence-corrected chi connectivity index (χ2v) is 8.84. The number of benzene rings is 1. The fourth-order valence-electron chi connectivity index (χ4n) is 4.25. The van der Waals surface area contributed by atoms with Crippen molar-refractivity contribution in [3.8, 4) is 0 Å². The first-order valence-corrected chi connectivity index (χ1v) is 10.7. The van der Waals surface area contributed by atoms with Crippen LogP contribution < -0.4 is 10.6 Å². The SMILES string of the molecule is NC(=O)C1CC[NH+](CC(=O)N2CCC(c3nc4ccccc4s3)CC2)CC1.